The molecule has 0 nitrogen and oxygen atoms in total. The maximum Gasteiger partial charge on any atom is 0.00401 e. The molecule has 0 aromatic heterocycles. The summed E-state index contributed by atoms with van der Waals surface area (Å²) in [4.78, 5) is 1.02. The average molecular weight is 628 g/mol. The van der Waals surface area contributed by atoms with Gasteiger partial charge in [0.25, 0.3) is 0 Å². The molecule has 0 atom stereocenters. The van der Waals surface area contributed by atoms with E-state index in [9.17, 15) is 0 Å². The van der Waals surface area contributed by atoms with E-state index < -0.39 is 0 Å². The molecule has 0 fully saturated rings. The normalized spacial score (nSPS) is 12.1. The van der Waals surface area contributed by atoms with Gasteiger partial charge in [0.05, 0.1) is 0 Å². The molecule has 1 aliphatic carbocycles. The van der Waals surface area contributed by atoms with Gasteiger partial charge in [-0.25, -0.2) is 0 Å². The summed E-state index contributed by atoms with van der Waals surface area (Å²) >= 11 is 4.83. The fourth-order valence-corrected chi connectivity index (χ4v) is 5.27. The van der Waals surface area contributed by atoms with Crippen molar-refractivity contribution in [2.45, 2.75) is 45.9 Å². The Morgan fingerprint density at radius 2 is 1.53 bits per heavy atom. The molecule has 0 amide bonds. The molecule has 2 aromatic carbocycles. The number of thiol groups is 1. The number of terminal acetylenes is 1. The molecule has 0 aliphatic heterocycles. The summed E-state index contributed by atoms with van der Waals surface area (Å²) in [7, 11) is 0. The summed E-state index contributed by atoms with van der Waals surface area (Å²) in [5, 5.41) is 0. The van der Waals surface area contributed by atoms with Crippen LogP contribution in [-0.2, 0) is 26.1 Å². The van der Waals surface area contributed by atoms with Crippen LogP contribution in [0, 0.1) is 33.1 Å². The summed E-state index contributed by atoms with van der Waals surface area (Å²) in [5.74, 6) is 2.68. The van der Waals surface area contributed by atoms with Crippen LogP contribution in [0.15, 0.2) is 111 Å². The van der Waals surface area contributed by atoms with E-state index in [1.54, 1.807) is 3.08 Å². The van der Waals surface area contributed by atoms with E-state index in [1.807, 2.05) is 31.2 Å². The van der Waals surface area contributed by atoms with Gasteiger partial charge in [-0.05, 0) is 32.9 Å². The molecule has 0 bridgehead atoms. The summed E-state index contributed by atoms with van der Waals surface area (Å²) in [6.45, 7) is 20.3. The zero-order chi connectivity index (χ0) is 24.7. The quantitative estimate of drug-likeness (QED) is 0.111. The standard InChI is InChI=1S/C13H13.C8H10.C7H8S.C2H4.Hg/c1-5-13(10(2)3)9-12-7-6-11(4)8-12;1-7-4-3-5-8(2)6-7;1-6-2-4-7(8)5-3-6;1-2;/h1,8-9H,2,6H2,3-4H3;3-6H,1-2H3;2-5,8H,1H3;1-2H2;/b13-9+;;;;. The number of rotatable bonds is 2. The van der Waals surface area contributed by atoms with Crippen LogP contribution in [0.4, 0.5) is 0 Å². The fraction of sp³-hybridized carbons (Fsp3) is 0.200. The van der Waals surface area contributed by atoms with Gasteiger partial charge in [-0.15, -0.1) is 25.8 Å². The van der Waals surface area contributed by atoms with Crippen molar-refractivity contribution in [3.8, 4) is 12.3 Å². The number of allylic oxidation sites excluding steroid dienone is 7. The Bertz CT molecular complexity index is 973. The monoisotopic (exact) mass is 629 g/mol. The molecule has 163 valence electrons. The van der Waals surface area contributed by atoms with Crippen molar-refractivity contribution in [1.82, 2.24) is 0 Å². The van der Waals surface area contributed by atoms with E-state index in [-0.39, 0.29) is 0 Å². The Kier molecular flexibility index (Phi) is 15.5. The number of benzene rings is 2. The van der Waals surface area contributed by atoms with Gasteiger partial charge in [0.1, 0.15) is 0 Å². The Balaban J connectivity index is 0.000000458. The molecule has 0 radical (unpaired) electrons. The number of aryl methyl sites for hydroxylation is 3. The van der Waals surface area contributed by atoms with Crippen molar-refractivity contribution >= 4 is 12.6 Å². The van der Waals surface area contributed by atoms with Crippen LogP contribution in [0.1, 0.15) is 37.0 Å². The third-order valence-corrected chi connectivity index (χ3v) is 7.28. The van der Waals surface area contributed by atoms with E-state index in [2.05, 4.69) is 102 Å². The number of hydrogen-bond acceptors (Lipinski definition) is 1. The zero-order valence-electron chi connectivity index (χ0n) is 20.3. The third-order valence-electron chi connectivity index (χ3n) is 4.43. The van der Waals surface area contributed by atoms with Crippen LogP contribution >= 0.6 is 12.6 Å². The molecule has 32 heavy (non-hydrogen) atoms. The SMILES string of the molecule is C#C/C(=C\C1=[C]([Hg])CC(C)=C1)C(=C)C.C=C.Cc1ccc(S)cc1.Cc1cccc(C)c1. The Morgan fingerprint density at radius 3 is 1.84 bits per heavy atom. The van der Waals surface area contributed by atoms with E-state index in [1.165, 1.54) is 27.8 Å². The second-order valence-electron chi connectivity index (χ2n) is 7.70. The van der Waals surface area contributed by atoms with E-state index in [0.29, 0.717) is 26.1 Å². The van der Waals surface area contributed by atoms with Crippen LogP contribution in [0.3, 0.4) is 0 Å². The summed E-state index contributed by atoms with van der Waals surface area (Å²) in [6, 6.07) is 16.5. The van der Waals surface area contributed by atoms with E-state index >= 15 is 0 Å². The van der Waals surface area contributed by atoms with Crippen molar-refractivity contribution in [2.75, 3.05) is 0 Å². The van der Waals surface area contributed by atoms with Crippen molar-refractivity contribution in [3.63, 3.8) is 0 Å². The first kappa shape index (κ1) is 30.0. The van der Waals surface area contributed by atoms with Crippen LogP contribution in [0.25, 0.3) is 0 Å². The van der Waals surface area contributed by atoms with Crippen LogP contribution in [0.2, 0.25) is 0 Å². The van der Waals surface area contributed by atoms with Gasteiger partial charge in [0.2, 0.25) is 0 Å². The maximum absolute atomic E-state index is 5.43. The van der Waals surface area contributed by atoms with Crippen LogP contribution < -0.4 is 0 Å². The largest absolute Gasteiger partial charge is 0.143 e. The second-order valence-corrected chi connectivity index (χ2v) is 11.5. The first-order chi connectivity index (χ1) is 15.1. The summed E-state index contributed by atoms with van der Waals surface area (Å²) in [5.41, 5.74) is 8.63. The predicted octanol–water partition coefficient (Wildman–Crippen LogP) is 8.66. The van der Waals surface area contributed by atoms with Crippen LogP contribution in [-0.4, -0.2) is 0 Å². The topological polar surface area (TPSA) is 0 Å². The molecule has 2 heteroatoms. The first-order valence-corrected chi connectivity index (χ1v) is 13.7. The minimum absolute atomic E-state index is 0.700. The first-order valence-electron chi connectivity index (χ1n) is 10.5. The van der Waals surface area contributed by atoms with Gasteiger partial charge in [-0.1, -0.05) is 53.1 Å². The molecule has 3 rings (SSSR count). The molecule has 2 aromatic rings. The third kappa shape index (κ3) is 12.7. The Labute approximate surface area is 218 Å². The van der Waals surface area contributed by atoms with E-state index in [4.69, 9.17) is 6.42 Å². The van der Waals surface area contributed by atoms with Gasteiger partial charge in [0.15, 0.2) is 0 Å². The smallest absolute Gasteiger partial charge is 0.00401 e. The summed E-state index contributed by atoms with van der Waals surface area (Å²) < 4.78 is 1.58. The van der Waals surface area contributed by atoms with Gasteiger partial charge in [-0.2, -0.15) is 0 Å². The zero-order valence-corrected chi connectivity index (χ0v) is 26.7. The molecule has 0 saturated carbocycles. The molecule has 0 saturated heterocycles. The van der Waals surface area contributed by atoms with Crippen molar-refractivity contribution in [1.29, 1.82) is 0 Å². The minimum Gasteiger partial charge on any atom is -0.143 e. The van der Waals surface area contributed by atoms with Gasteiger partial charge < -0.3 is 0 Å². The van der Waals surface area contributed by atoms with Crippen molar-refractivity contribution in [2.24, 2.45) is 0 Å². The van der Waals surface area contributed by atoms with Gasteiger partial charge in [-0.3, -0.25) is 0 Å². The van der Waals surface area contributed by atoms with Crippen molar-refractivity contribution < 1.29 is 26.1 Å². The second kappa shape index (κ2) is 16.6. The fourth-order valence-electron chi connectivity index (χ4n) is 2.80. The Hall–Kier alpha value is -2.01. The van der Waals surface area contributed by atoms with Crippen LogP contribution in [0.5, 0.6) is 0 Å². The molecule has 0 unspecified atom stereocenters. The molecule has 1 aliphatic rings. The van der Waals surface area contributed by atoms with E-state index in [0.717, 1.165) is 22.5 Å². The van der Waals surface area contributed by atoms with Gasteiger partial charge in [0, 0.05) is 4.90 Å². The average Bonchev–Trinajstić information content (AvgIpc) is 3.07. The molecular formula is C30H35HgS. The van der Waals surface area contributed by atoms with Gasteiger partial charge >= 0.3 is 103 Å². The molecule has 0 spiro atoms. The molecular weight excluding hydrogens is 593 g/mol. The molecule has 0 heterocycles. The summed E-state index contributed by atoms with van der Waals surface area (Å²) in [6.07, 6.45) is 10.9. The molecule has 0 N–H and O–H groups in total. The Morgan fingerprint density at radius 1 is 1.00 bits per heavy atom. The van der Waals surface area contributed by atoms with Crippen molar-refractivity contribution in [3.05, 3.63) is 122 Å². The maximum atomic E-state index is 5.43. The minimum atomic E-state index is 0.700. The predicted molar refractivity (Wildman–Crippen MR) is 143 cm³/mol. The number of hydrogen-bond donors (Lipinski definition) is 1.